The van der Waals surface area contributed by atoms with Gasteiger partial charge in [-0.1, -0.05) is 35.9 Å². The summed E-state index contributed by atoms with van der Waals surface area (Å²) in [6.07, 6.45) is 1.23. The number of aryl methyl sites for hydroxylation is 1. The number of rotatable bonds is 6. The quantitative estimate of drug-likeness (QED) is 0.454. The normalized spacial score (nSPS) is 17.7. The van der Waals surface area contributed by atoms with E-state index in [0.717, 1.165) is 16.5 Å². The zero-order valence-corrected chi connectivity index (χ0v) is 19.4. The summed E-state index contributed by atoms with van der Waals surface area (Å²) in [5.74, 6) is -2.42. The van der Waals surface area contributed by atoms with E-state index in [1.807, 2.05) is 6.92 Å². The van der Waals surface area contributed by atoms with Gasteiger partial charge in [-0.2, -0.15) is 0 Å². The van der Waals surface area contributed by atoms with Gasteiger partial charge < -0.3 is 16.0 Å². The smallest absolute Gasteiger partial charge is 0.319 e. The predicted molar refractivity (Wildman–Crippen MR) is 128 cm³/mol. The highest BCUT2D eigenvalue weighted by molar-refractivity contribution is 6.31. The van der Waals surface area contributed by atoms with E-state index in [-0.39, 0.29) is 25.1 Å². The van der Waals surface area contributed by atoms with Crippen LogP contribution in [0.5, 0.6) is 0 Å². The molecule has 1 atom stereocenters. The minimum absolute atomic E-state index is 0.00843. The Morgan fingerprint density at radius 2 is 1.91 bits per heavy atom. The van der Waals surface area contributed by atoms with Crippen molar-refractivity contribution in [3.63, 3.8) is 0 Å². The van der Waals surface area contributed by atoms with Crippen LogP contribution in [0.4, 0.5) is 16.2 Å². The van der Waals surface area contributed by atoms with Crippen LogP contribution < -0.4 is 21.3 Å². The Balaban J connectivity index is 1.40. The van der Waals surface area contributed by atoms with E-state index < -0.39 is 35.7 Å². The summed E-state index contributed by atoms with van der Waals surface area (Å²) < 4.78 is 0. The first kappa shape index (κ1) is 24.0. The molecular weight excluding hydrogens is 474 g/mol. The number of carbonyl (C=O) groups is 5. The van der Waals surface area contributed by atoms with Crippen molar-refractivity contribution >= 4 is 52.6 Å². The Morgan fingerprint density at radius 3 is 2.66 bits per heavy atom. The third-order valence-corrected chi connectivity index (χ3v) is 6.04. The highest BCUT2D eigenvalue weighted by atomic mass is 35.5. The Morgan fingerprint density at radius 1 is 1.14 bits per heavy atom. The maximum atomic E-state index is 12.9. The first-order valence-corrected chi connectivity index (χ1v) is 11.2. The lowest BCUT2D eigenvalue weighted by atomic mass is 10.0. The first-order chi connectivity index (χ1) is 16.7. The van der Waals surface area contributed by atoms with Gasteiger partial charge in [0.15, 0.2) is 0 Å². The van der Waals surface area contributed by atoms with E-state index in [1.165, 1.54) is 0 Å². The lowest BCUT2D eigenvalue weighted by molar-refractivity contribution is -0.149. The number of hydrogen-bond acceptors (Lipinski definition) is 6. The van der Waals surface area contributed by atoms with Crippen LogP contribution in [0, 0.1) is 6.92 Å². The predicted octanol–water partition coefficient (Wildman–Crippen LogP) is 2.44. The number of anilines is 2. The van der Waals surface area contributed by atoms with Crippen molar-refractivity contribution in [3.8, 4) is 0 Å². The summed E-state index contributed by atoms with van der Waals surface area (Å²) >= 11 is 6.09. The van der Waals surface area contributed by atoms with Gasteiger partial charge in [0.05, 0.1) is 0 Å². The molecule has 0 radical (unpaired) electrons. The van der Waals surface area contributed by atoms with Crippen molar-refractivity contribution in [2.75, 3.05) is 10.6 Å². The van der Waals surface area contributed by atoms with Crippen LogP contribution >= 0.6 is 11.6 Å². The highest BCUT2D eigenvalue weighted by Gasteiger charge is 2.42. The van der Waals surface area contributed by atoms with Crippen LogP contribution in [0.3, 0.4) is 0 Å². The molecule has 0 aliphatic carbocycles. The largest absolute Gasteiger partial charge is 0.351 e. The fourth-order valence-electron chi connectivity index (χ4n) is 3.76. The monoisotopic (exact) mass is 495 g/mol. The number of para-hydroxylation sites is 1. The van der Waals surface area contributed by atoms with Gasteiger partial charge in [-0.25, -0.2) is 4.79 Å². The molecule has 2 aliphatic heterocycles. The van der Waals surface area contributed by atoms with Crippen LogP contribution in [0.25, 0.3) is 0 Å². The fraction of sp³-hybridized carbons (Fsp3) is 0.208. The topological polar surface area (TPSA) is 137 Å². The average molecular weight is 496 g/mol. The molecule has 0 spiro atoms. The molecule has 2 heterocycles. The number of imide groups is 2. The van der Waals surface area contributed by atoms with Crippen LogP contribution in [0.1, 0.15) is 24.0 Å². The van der Waals surface area contributed by atoms with E-state index in [2.05, 4.69) is 21.3 Å². The maximum Gasteiger partial charge on any atom is 0.319 e. The minimum atomic E-state index is -1.04. The van der Waals surface area contributed by atoms with E-state index in [1.54, 1.807) is 42.5 Å². The van der Waals surface area contributed by atoms with Crippen molar-refractivity contribution in [2.24, 2.45) is 0 Å². The van der Waals surface area contributed by atoms with Gasteiger partial charge in [0.25, 0.3) is 11.8 Å². The number of hydrogen-bond donors (Lipinski definition) is 4. The number of benzene rings is 2. The lowest BCUT2D eigenvalue weighted by Gasteiger charge is -2.28. The molecule has 2 aliphatic rings. The molecule has 11 heteroatoms. The standard InChI is InChI=1S/C24H22ClN5O5/c1-13-6-7-15(10-16(13)25)27-24(35)26-12-14-4-2-3-5-17(14)28-18-11-21(32)30(23(18)34)19-8-9-20(31)29-22(19)33/h2-7,10-11,19,28H,8-9,12H2,1H3,(H2,26,27,35)(H,29,31,33)/t19-/m1/s1. The molecule has 0 bridgehead atoms. The second kappa shape index (κ2) is 9.98. The Kier molecular flexibility index (Phi) is 6.83. The average Bonchev–Trinajstić information content (AvgIpc) is 3.08. The van der Waals surface area contributed by atoms with E-state index in [0.29, 0.717) is 22.0 Å². The van der Waals surface area contributed by atoms with Crippen LogP contribution in [-0.4, -0.2) is 40.6 Å². The van der Waals surface area contributed by atoms with Gasteiger partial charge in [0, 0.05) is 35.4 Å². The summed E-state index contributed by atoms with van der Waals surface area (Å²) in [6.45, 7) is 1.99. The SMILES string of the molecule is Cc1ccc(NC(=O)NCc2ccccc2NC2=CC(=O)N([C@@H]3CCC(=O)NC3=O)C2=O)cc1Cl. The minimum Gasteiger partial charge on any atom is -0.351 e. The molecule has 2 aromatic rings. The van der Waals surface area contributed by atoms with E-state index in [4.69, 9.17) is 11.6 Å². The van der Waals surface area contributed by atoms with E-state index in [9.17, 15) is 24.0 Å². The van der Waals surface area contributed by atoms with Crippen LogP contribution in [0.2, 0.25) is 5.02 Å². The number of halogens is 1. The van der Waals surface area contributed by atoms with Crippen LogP contribution in [0.15, 0.2) is 54.2 Å². The Labute approximate surface area is 205 Å². The highest BCUT2D eigenvalue weighted by Crippen LogP contribution is 2.25. The molecule has 1 fully saturated rings. The van der Waals surface area contributed by atoms with Gasteiger partial charge in [-0.05, 0) is 42.7 Å². The summed E-state index contributed by atoms with van der Waals surface area (Å²) in [5.41, 5.74) is 2.58. The summed E-state index contributed by atoms with van der Waals surface area (Å²) in [5, 5.41) is 11.1. The molecule has 1 saturated heterocycles. The number of piperidine rings is 1. The summed E-state index contributed by atoms with van der Waals surface area (Å²) in [4.78, 5) is 62.1. The first-order valence-electron chi connectivity index (χ1n) is 10.8. The number of nitrogens with zero attached hydrogens (tertiary/aromatic N) is 1. The Hall–Kier alpha value is -4.18. The van der Waals surface area contributed by atoms with Gasteiger partial charge in [-0.15, -0.1) is 0 Å². The number of amides is 6. The van der Waals surface area contributed by atoms with Crippen molar-refractivity contribution in [3.05, 3.63) is 70.4 Å². The Bertz CT molecular complexity index is 1270. The molecule has 4 rings (SSSR count). The van der Waals surface area contributed by atoms with Crippen molar-refractivity contribution in [2.45, 2.75) is 32.4 Å². The van der Waals surface area contributed by atoms with Crippen molar-refractivity contribution < 1.29 is 24.0 Å². The zero-order valence-electron chi connectivity index (χ0n) is 18.7. The third kappa shape index (κ3) is 5.33. The maximum absolute atomic E-state index is 12.9. The van der Waals surface area contributed by atoms with Crippen LogP contribution in [-0.2, 0) is 25.7 Å². The second-order valence-corrected chi connectivity index (χ2v) is 8.50. The van der Waals surface area contributed by atoms with E-state index >= 15 is 0 Å². The molecular formula is C24H22ClN5O5. The molecule has 2 aromatic carbocycles. The molecule has 10 nitrogen and oxygen atoms in total. The van der Waals surface area contributed by atoms with Gasteiger partial charge >= 0.3 is 6.03 Å². The molecule has 0 saturated carbocycles. The molecule has 0 aromatic heterocycles. The molecule has 180 valence electrons. The molecule has 35 heavy (non-hydrogen) atoms. The third-order valence-electron chi connectivity index (χ3n) is 5.63. The lowest BCUT2D eigenvalue weighted by Crippen LogP contribution is -2.54. The molecule has 4 N–H and O–H groups in total. The number of carbonyl (C=O) groups excluding carboxylic acids is 5. The number of urea groups is 1. The number of nitrogens with one attached hydrogen (secondary N) is 4. The molecule has 6 amide bonds. The second-order valence-electron chi connectivity index (χ2n) is 8.09. The van der Waals surface area contributed by atoms with Gasteiger partial charge in [-0.3, -0.25) is 29.4 Å². The molecule has 0 unspecified atom stereocenters. The summed E-state index contributed by atoms with van der Waals surface area (Å²) in [6, 6.07) is 10.6. The van der Waals surface area contributed by atoms with Gasteiger partial charge in [0.2, 0.25) is 11.8 Å². The fourth-order valence-corrected chi connectivity index (χ4v) is 3.94. The van der Waals surface area contributed by atoms with Crippen molar-refractivity contribution in [1.82, 2.24) is 15.5 Å². The van der Waals surface area contributed by atoms with Crippen molar-refractivity contribution in [1.29, 1.82) is 0 Å². The summed E-state index contributed by atoms with van der Waals surface area (Å²) in [7, 11) is 0. The zero-order chi connectivity index (χ0) is 25.1. The van der Waals surface area contributed by atoms with Gasteiger partial charge in [0.1, 0.15) is 11.7 Å².